The van der Waals surface area contributed by atoms with Crippen LogP contribution in [-0.4, -0.2) is 25.7 Å². The largest absolute Gasteiger partial charge is 0.507 e. The molecule has 0 aliphatic heterocycles. The SMILES string of the molecule is COc1ccccc1[Si](CSc1cc(C(C)(C)C)c(O)c(C(C)(C)C)c1)(C(C)C)C(C)C. The zero-order chi connectivity index (χ0) is 24.5. The summed E-state index contributed by atoms with van der Waals surface area (Å²) < 4.78 is 5.84. The fraction of sp³-hybridized carbons (Fsp3) is 0.571. The van der Waals surface area contributed by atoms with Crippen LogP contribution in [0.1, 0.15) is 80.4 Å². The third-order valence-corrected chi connectivity index (χ3v) is 15.4. The monoisotopic (exact) mass is 472 g/mol. The maximum atomic E-state index is 11.1. The van der Waals surface area contributed by atoms with Crippen molar-refractivity contribution in [3.63, 3.8) is 0 Å². The third-order valence-electron chi connectivity index (χ3n) is 6.85. The van der Waals surface area contributed by atoms with Crippen molar-refractivity contribution in [3.05, 3.63) is 47.5 Å². The number of hydrogen-bond acceptors (Lipinski definition) is 3. The van der Waals surface area contributed by atoms with E-state index in [1.165, 1.54) is 10.1 Å². The molecular weight excluding hydrogens is 428 g/mol. The van der Waals surface area contributed by atoms with Crippen LogP contribution in [-0.2, 0) is 10.8 Å². The maximum Gasteiger partial charge on any atom is 0.123 e. The Labute approximate surface area is 202 Å². The van der Waals surface area contributed by atoms with Crippen molar-refractivity contribution < 1.29 is 9.84 Å². The normalized spacial score (nSPS) is 13.2. The van der Waals surface area contributed by atoms with Gasteiger partial charge in [0.2, 0.25) is 0 Å². The van der Waals surface area contributed by atoms with E-state index in [1.807, 2.05) is 11.8 Å². The van der Waals surface area contributed by atoms with Crippen LogP contribution in [0.3, 0.4) is 0 Å². The van der Waals surface area contributed by atoms with Gasteiger partial charge in [0.1, 0.15) is 19.6 Å². The molecule has 2 nitrogen and oxygen atoms in total. The molecule has 0 unspecified atom stereocenters. The molecule has 4 heteroatoms. The molecule has 0 amide bonds. The number of rotatable bonds is 7. The Bertz CT molecular complexity index is 877. The van der Waals surface area contributed by atoms with E-state index in [-0.39, 0.29) is 10.8 Å². The number of hydrogen-bond donors (Lipinski definition) is 1. The summed E-state index contributed by atoms with van der Waals surface area (Å²) in [5.41, 5.74) is 2.99. The van der Waals surface area contributed by atoms with Gasteiger partial charge in [0, 0.05) is 16.0 Å². The second-order valence-corrected chi connectivity index (χ2v) is 18.5. The first kappa shape index (κ1) is 26.9. The summed E-state index contributed by atoms with van der Waals surface area (Å²) in [4.78, 5) is 1.26. The van der Waals surface area contributed by atoms with Gasteiger partial charge in [-0.05, 0) is 50.7 Å². The zero-order valence-corrected chi connectivity index (χ0v) is 23.9. The summed E-state index contributed by atoms with van der Waals surface area (Å²) in [6, 6.07) is 13.1. The minimum Gasteiger partial charge on any atom is -0.507 e. The van der Waals surface area contributed by atoms with Crippen molar-refractivity contribution in [1.82, 2.24) is 0 Å². The molecular formula is C28H44O2SSi. The molecule has 0 aliphatic rings. The topological polar surface area (TPSA) is 29.5 Å². The van der Waals surface area contributed by atoms with E-state index in [0.29, 0.717) is 16.8 Å². The van der Waals surface area contributed by atoms with Crippen LogP contribution in [0.4, 0.5) is 0 Å². The predicted molar refractivity (Wildman–Crippen MR) is 145 cm³/mol. The molecule has 2 aromatic rings. The minimum absolute atomic E-state index is 0.117. The maximum absolute atomic E-state index is 11.1. The Morgan fingerprint density at radius 2 is 1.34 bits per heavy atom. The molecule has 0 saturated carbocycles. The molecule has 178 valence electrons. The van der Waals surface area contributed by atoms with Crippen LogP contribution in [0, 0.1) is 0 Å². The molecule has 2 rings (SSSR count). The highest BCUT2D eigenvalue weighted by molar-refractivity contribution is 8.01. The van der Waals surface area contributed by atoms with Crippen molar-refractivity contribution >= 4 is 25.0 Å². The van der Waals surface area contributed by atoms with Crippen molar-refractivity contribution in [3.8, 4) is 11.5 Å². The summed E-state index contributed by atoms with van der Waals surface area (Å²) in [6.45, 7) is 22.6. The molecule has 32 heavy (non-hydrogen) atoms. The van der Waals surface area contributed by atoms with Crippen LogP contribution in [0.25, 0.3) is 0 Å². The van der Waals surface area contributed by atoms with E-state index >= 15 is 0 Å². The lowest BCUT2D eigenvalue weighted by Crippen LogP contribution is -2.56. The molecule has 0 aliphatic carbocycles. The second kappa shape index (κ2) is 9.85. The fourth-order valence-electron chi connectivity index (χ4n) is 4.77. The zero-order valence-electron chi connectivity index (χ0n) is 22.1. The highest BCUT2D eigenvalue weighted by atomic mass is 32.2. The second-order valence-electron chi connectivity index (χ2n) is 11.7. The van der Waals surface area contributed by atoms with Gasteiger partial charge in [0.25, 0.3) is 0 Å². The van der Waals surface area contributed by atoms with Gasteiger partial charge in [-0.3, -0.25) is 0 Å². The molecule has 1 N–H and O–H groups in total. The van der Waals surface area contributed by atoms with Gasteiger partial charge in [-0.25, -0.2) is 0 Å². The van der Waals surface area contributed by atoms with Gasteiger partial charge in [-0.2, -0.15) is 0 Å². The predicted octanol–water partition coefficient (Wildman–Crippen LogP) is 7.80. The van der Waals surface area contributed by atoms with Crippen LogP contribution in [0.5, 0.6) is 11.5 Å². The molecule has 0 saturated heterocycles. The first-order valence-electron chi connectivity index (χ1n) is 11.8. The Kier molecular flexibility index (Phi) is 8.26. The minimum atomic E-state index is -1.94. The Balaban J connectivity index is 2.62. The lowest BCUT2D eigenvalue weighted by Gasteiger charge is -2.40. The molecule has 0 radical (unpaired) electrons. The van der Waals surface area contributed by atoms with E-state index in [4.69, 9.17) is 4.74 Å². The molecule has 0 bridgehead atoms. The molecule has 0 spiro atoms. The summed E-state index contributed by atoms with van der Waals surface area (Å²) in [5, 5.41) is 13.6. The highest BCUT2D eigenvalue weighted by Crippen LogP contribution is 2.44. The number of phenolic OH excluding ortho intramolecular Hbond substituents is 1. The number of ether oxygens (including phenoxy) is 1. The number of thioether (sulfide) groups is 1. The van der Waals surface area contributed by atoms with Crippen LogP contribution >= 0.6 is 11.8 Å². The Morgan fingerprint density at radius 3 is 1.75 bits per heavy atom. The molecule has 0 aromatic heterocycles. The van der Waals surface area contributed by atoms with E-state index in [2.05, 4.69) is 106 Å². The summed E-state index contributed by atoms with van der Waals surface area (Å²) in [5.74, 6) is 1.48. The number of benzene rings is 2. The smallest absolute Gasteiger partial charge is 0.123 e. The Morgan fingerprint density at radius 1 is 0.875 bits per heavy atom. The van der Waals surface area contributed by atoms with Crippen LogP contribution in [0.15, 0.2) is 41.3 Å². The van der Waals surface area contributed by atoms with Crippen molar-refractivity contribution in [2.75, 3.05) is 12.5 Å². The first-order chi connectivity index (χ1) is 14.7. The lowest BCUT2D eigenvalue weighted by molar-refractivity contribution is 0.417. The Hall–Kier alpha value is -1.39. The molecule has 2 aromatic carbocycles. The summed E-state index contributed by atoms with van der Waals surface area (Å²) in [7, 11) is -0.151. The van der Waals surface area contributed by atoms with Crippen molar-refractivity contribution in [1.29, 1.82) is 0 Å². The molecule has 0 fully saturated rings. The van der Waals surface area contributed by atoms with E-state index in [1.54, 1.807) is 7.11 Å². The van der Waals surface area contributed by atoms with Gasteiger partial charge >= 0.3 is 0 Å². The number of phenols is 1. The number of methoxy groups -OCH3 is 1. The molecule has 0 heterocycles. The number of aromatic hydroxyl groups is 1. The van der Waals surface area contributed by atoms with Gasteiger partial charge in [0.15, 0.2) is 0 Å². The van der Waals surface area contributed by atoms with Gasteiger partial charge in [-0.15, -0.1) is 11.8 Å². The third kappa shape index (κ3) is 5.39. The van der Waals surface area contributed by atoms with Gasteiger partial charge < -0.3 is 9.84 Å². The van der Waals surface area contributed by atoms with Crippen molar-refractivity contribution in [2.24, 2.45) is 0 Å². The summed E-state index contributed by atoms with van der Waals surface area (Å²) in [6.07, 6.45) is 0. The van der Waals surface area contributed by atoms with Crippen molar-refractivity contribution in [2.45, 2.75) is 96.0 Å². The fourth-order valence-corrected chi connectivity index (χ4v) is 13.7. The van der Waals surface area contributed by atoms with E-state index < -0.39 is 8.07 Å². The van der Waals surface area contributed by atoms with Crippen LogP contribution in [0.2, 0.25) is 11.1 Å². The van der Waals surface area contributed by atoms with E-state index in [0.717, 1.165) is 22.3 Å². The average Bonchev–Trinajstić information content (AvgIpc) is 2.67. The quantitative estimate of drug-likeness (QED) is 0.329. The number of para-hydroxylation sites is 1. The van der Waals surface area contributed by atoms with Gasteiger partial charge in [0.05, 0.1) is 7.11 Å². The first-order valence-corrected chi connectivity index (χ1v) is 15.1. The lowest BCUT2D eigenvalue weighted by atomic mass is 9.79. The van der Waals surface area contributed by atoms with Crippen LogP contribution < -0.4 is 9.92 Å². The summed E-state index contributed by atoms with van der Waals surface area (Å²) >= 11 is 1.96. The van der Waals surface area contributed by atoms with E-state index in [9.17, 15) is 5.11 Å². The average molecular weight is 473 g/mol. The highest BCUT2D eigenvalue weighted by Gasteiger charge is 2.43. The molecule has 0 atom stereocenters. The van der Waals surface area contributed by atoms with Gasteiger partial charge in [-0.1, -0.05) is 87.4 Å². The standard InChI is InChI=1S/C28H44O2SSi/c1-19(2)32(20(3)4,25-15-13-12-14-24(25)30-11)18-31-21-16-22(27(5,6)7)26(29)23(17-21)28(8,9)10/h12-17,19-20,29H,18H2,1-11H3.